The number of aromatic nitrogens is 1. The molecule has 0 radical (unpaired) electrons. The molecule has 6 heteroatoms. The molecule has 1 fully saturated rings. The lowest BCUT2D eigenvalue weighted by Gasteiger charge is -2.39. The Morgan fingerprint density at radius 3 is 2.45 bits per heavy atom. The van der Waals surface area contributed by atoms with E-state index in [2.05, 4.69) is 31.1 Å². The summed E-state index contributed by atoms with van der Waals surface area (Å²) in [6, 6.07) is 11.2. The Balaban J connectivity index is 1.71. The number of anilines is 1. The van der Waals surface area contributed by atoms with Gasteiger partial charge in [0.2, 0.25) is 5.91 Å². The highest BCUT2D eigenvalue weighted by Crippen LogP contribution is 2.28. The summed E-state index contributed by atoms with van der Waals surface area (Å²) in [7, 11) is 0. The summed E-state index contributed by atoms with van der Waals surface area (Å²) in [5.41, 5.74) is 8.59. The van der Waals surface area contributed by atoms with Gasteiger partial charge in [0.1, 0.15) is 0 Å². The normalized spacial score (nSPS) is 19.0. The number of pyridine rings is 1. The molecule has 2 amide bonds. The summed E-state index contributed by atoms with van der Waals surface area (Å²) in [6.45, 7) is 6.79. The fourth-order valence-corrected chi connectivity index (χ4v) is 4.06. The van der Waals surface area contributed by atoms with Crippen molar-refractivity contribution in [2.24, 2.45) is 11.1 Å². The molecule has 1 aliphatic carbocycles. The molecule has 0 bridgehead atoms. The van der Waals surface area contributed by atoms with Crippen molar-refractivity contribution in [2.45, 2.75) is 71.5 Å². The van der Waals surface area contributed by atoms with E-state index in [0.717, 1.165) is 31.2 Å². The second-order valence-corrected chi connectivity index (χ2v) is 9.67. The predicted octanol–water partition coefficient (Wildman–Crippen LogP) is 4.37. The van der Waals surface area contributed by atoms with Gasteiger partial charge in [0.25, 0.3) is 5.91 Å². The smallest absolute Gasteiger partial charge is 0.257 e. The van der Waals surface area contributed by atoms with E-state index in [-0.39, 0.29) is 29.3 Å². The molecule has 1 aromatic carbocycles. The maximum Gasteiger partial charge on any atom is 0.257 e. The van der Waals surface area contributed by atoms with Crippen LogP contribution in [0.2, 0.25) is 0 Å². The zero-order valence-electron chi connectivity index (χ0n) is 18.8. The first-order valence-electron chi connectivity index (χ1n) is 11.1. The lowest BCUT2D eigenvalue weighted by molar-refractivity contribution is -0.137. The Labute approximate surface area is 185 Å². The van der Waals surface area contributed by atoms with E-state index in [1.54, 1.807) is 18.3 Å². The van der Waals surface area contributed by atoms with Gasteiger partial charge in [0.05, 0.1) is 5.56 Å². The van der Waals surface area contributed by atoms with Crippen LogP contribution in [0.3, 0.4) is 0 Å². The highest BCUT2D eigenvalue weighted by molar-refractivity contribution is 6.04. The lowest BCUT2D eigenvalue weighted by Crippen LogP contribution is -2.52. The van der Waals surface area contributed by atoms with Crippen LogP contribution in [0.5, 0.6) is 0 Å². The van der Waals surface area contributed by atoms with Gasteiger partial charge in [-0.2, -0.15) is 0 Å². The molecule has 3 N–H and O–H groups in total. The molecule has 0 saturated heterocycles. The molecule has 0 aliphatic heterocycles. The van der Waals surface area contributed by atoms with Gasteiger partial charge in [-0.25, -0.2) is 0 Å². The fourth-order valence-electron chi connectivity index (χ4n) is 4.06. The maximum atomic E-state index is 13.2. The highest BCUT2D eigenvalue weighted by atomic mass is 16.2. The van der Waals surface area contributed by atoms with E-state index in [4.69, 9.17) is 5.73 Å². The SMILES string of the molecule is CC(C)(C)CC(=O)N(Cc1ccc(NC(=O)c2cccnc2)cc1)C1CCCCC1N. The van der Waals surface area contributed by atoms with Crippen molar-refractivity contribution in [3.63, 3.8) is 0 Å². The lowest BCUT2D eigenvalue weighted by atomic mass is 9.87. The molecule has 1 aliphatic rings. The third-order valence-electron chi connectivity index (χ3n) is 5.67. The van der Waals surface area contributed by atoms with Crippen molar-refractivity contribution in [3.8, 4) is 0 Å². The third kappa shape index (κ3) is 6.62. The first-order valence-corrected chi connectivity index (χ1v) is 11.1. The minimum Gasteiger partial charge on any atom is -0.334 e. The number of carbonyl (C=O) groups excluding carboxylic acids is 2. The van der Waals surface area contributed by atoms with Gasteiger partial charge < -0.3 is 16.0 Å². The fraction of sp³-hybridized carbons (Fsp3) is 0.480. The number of nitrogens with zero attached hydrogens (tertiary/aromatic N) is 2. The summed E-state index contributed by atoms with van der Waals surface area (Å²) in [5.74, 6) is -0.0418. The molecule has 2 aromatic rings. The van der Waals surface area contributed by atoms with Crippen LogP contribution in [0.25, 0.3) is 0 Å². The van der Waals surface area contributed by atoms with E-state index >= 15 is 0 Å². The average Bonchev–Trinajstić information content (AvgIpc) is 2.73. The van der Waals surface area contributed by atoms with E-state index in [1.807, 2.05) is 29.2 Å². The van der Waals surface area contributed by atoms with Crippen LogP contribution in [0, 0.1) is 5.41 Å². The van der Waals surface area contributed by atoms with Crippen LogP contribution >= 0.6 is 0 Å². The van der Waals surface area contributed by atoms with Crippen molar-refractivity contribution in [3.05, 3.63) is 59.9 Å². The molecule has 1 saturated carbocycles. The molecular weight excluding hydrogens is 388 g/mol. The Morgan fingerprint density at radius 2 is 1.84 bits per heavy atom. The van der Waals surface area contributed by atoms with Gasteiger partial charge >= 0.3 is 0 Å². The first kappa shape index (κ1) is 22.9. The summed E-state index contributed by atoms with van der Waals surface area (Å²) in [5, 5.41) is 2.88. The summed E-state index contributed by atoms with van der Waals surface area (Å²) < 4.78 is 0. The molecule has 6 nitrogen and oxygen atoms in total. The summed E-state index contributed by atoms with van der Waals surface area (Å²) in [4.78, 5) is 31.5. The largest absolute Gasteiger partial charge is 0.334 e. The molecule has 0 spiro atoms. The van der Waals surface area contributed by atoms with Crippen molar-refractivity contribution in [1.82, 2.24) is 9.88 Å². The Morgan fingerprint density at radius 1 is 1.13 bits per heavy atom. The number of rotatable bonds is 6. The van der Waals surface area contributed by atoms with Crippen LogP contribution in [0.4, 0.5) is 5.69 Å². The molecule has 166 valence electrons. The zero-order chi connectivity index (χ0) is 22.4. The second-order valence-electron chi connectivity index (χ2n) is 9.67. The van der Waals surface area contributed by atoms with Crippen LogP contribution in [-0.2, 0) is 11.3 Å². The molecule has 1 aromatic heterocycles. The second kappa shape index (κ2) is 10.1. The number of hydrogen-bond donors (Lipinski definition) is 2. The van der Waals surface area contributed by atoms with E-state index in [1.165, 1.54) is 6.20 Å². The van der Waals surface area contributed by atoms with Crippen molar-refractivity contribution in [2.75, 3.05) is 5.32 Å². The van der Waals surface area contributed by atoms with Crippen LogP contribution in [-0.4, -0.2) is 33.8 Å². The quantitative estimate of drug-likeness (QED) is 0.724. The highest BCUT2D eigenvalue weighted by Gasteiger charge is 2.32. The molecule has 3 rings (SSSR count). The minimum atomic E-state index is -0.198. The van der Waals surface area contributed by atoms with E-state index in [0.29, 0.717) is 24.2 Å². The van der Waals surface area contributed by atoms with Crippen LogP contribution in [0.1, 0.15) is 68.8 Å². The van der Waals surface area contributed by atoms with Gasteiger partial charge in [0, 0.05) is 43.1 Å². The van der Waals surface area contributed by atoms with Gasteiger partial charge in [-0.1, -0.05) is 45.7 Å². The van der Waals surface area contributed by atoms with Crippen LogP contribution in [0.15, 0.2) is 48.8 Å². The summed E-state index contributed by atoms with van der Waals surface area (Å²) in [6.07, 6.45) is 7.82. The third-order valence-corrected chi connectivity index (χ3v) is 5.67. The number of nitrogens with two attached hydrogens (primary N) is 1. The topological polar surface area (TPSA) is 88.3 Å². The van der Waals surface area contributed by atoms with Crippen molar-refractivity contribution in [1.29, 1.82) is 0 Å². The van der Waals surface area contributed by atoms with E-state index < -0.39 is 0 Å². The van der Waals surface area contributed by atoms with Gasteiger partial charge in [-0.15, -0.1) is 0 Å². The molecule has 31 heavy (non-hydrogen) atoms. The number of benzene rings is 1. The maximum absolute atomic E-state index is 13.2. The Hall–Kier alpha value is -2.73. The van der Waals surface area contributed by atoms with Gasteiger partial charge in [-0.05, 0) is 48.1 Å². The first-order chi connectivity index (χ1) is 14.7. The summed E-state index contributed by atoms with van der Waals surface area (Å²) >= 11 is 0. The number of nitrogens with one attached hydrogen (secondary N) is 1. The van der Waals surface area contributed by atoms with E-state index in [9.17, 15) is 9.59 Å². The van der Waals surface area contributed by atoms with Crippen molar-refractivity contribution < 1.29 is 9.59 Å². The number of carbonyl (C=O) groups is 2. The average molecular weight is 423 g/mol. The predicted molar refractivity (Wildman–Crippen MR) is 123 cm³/mol. The molecule has 2 unspecified atom stereocenters. The van der Waals surface area contributed by atoms with Crippen LogP contribution < -0.4 is 11.1 Å². The number of hydrogen-bond acceptors (Lipinski definition) is 4. The standard InChI is InChI=1S/C25H34N4O2/c1-25(2,3)15-23(30)29(22-9-5-4-8-21(22)26)17-18-10-12-20(13-11-18)28-24(31)19-7-6-14-27-16-19/h6-7,10-14,16,21-22H,4-5,8-9,15,17,26H2,1-3H3,(H,28,31). The van der Waals surface area contributed by atoms with Gasteiger partial charge in [0.15, 0.2) is 0 Å². The molecule has 2 atom stereocenters. The monoisotopic (exact) mass is 422 g/mol. The van der Waals surface area contributed by atoms with Crippen molar-refractivity contribution >= 4 is 17.5 Å². The van der Waals surface area contributed by atoms with Gasteiger partial charge in [-0.3, -0.25) is 14.6 Å². The Bertz CT molecular complexity index is 875. The molecule has 1 heterocycles. The molecular formula is C25H34N4O2. The number of amides is 2. The Kier molecular flexibility index (Phi) is 7.44. The zero-order valence-corrected chi connectivity index (χ0v) is 18.8. The minimum absolute atomic E-state index is 0.0238.